The minimum absolute atomic E-state index is 0.123. The molecule has 0 saturated heterocycles. The van der Waals surface area contributed by atoms with E-state index in [1.807, 2.05) is 0 Å². The van der Waals surface area contributed by atoms with Gasteiger partial charge in [-0.2, -0.15) is 13.2 Å². The molecule has 2 aromatic rings. The van der Waals surface area contributed by atoms with E-state index >= 15 is 0 Å². The van der Waals surface area contributed by atoms with Crippen molar-refractivity contribution < 1.29 is 13.2 Å². The van der Waals surface area contributed by atoms with Gasteiger partial charge in [0.05, 0.1) is 16.2 Å². The maximum Gasteiger partial charge on any atom is 0.432 e. The fourth-order valence-corrected chi connectivity index (χ4v) is 2.10. The van der Waals surface area contributed by atoms with Crippen molar-refractivity contribution in [2.24, 2.45) is 0 Å². The third-order valence-corrected chi connectivity index (χ3v) is 3.04. The lowest BCUT2D eigenvalue weighted by Crippen LogP contribution is -2.04. The number of imidazole rings is 1. The minimum Gasteiger partial charge on any atom is -0.332 e. The summed E-state index contributed by atoms with van der Waals surface area (Å²) in [5.41, 5.74) is -0.871. The van der Waals surface area contributed by atoms with Gasteiger partial charge in [-0.15, -0.1) is 11.3 Å². The number of nitrogens with one attached hydrogen (secondary N) is 1. The maximum atomic E-state index is 12.2. The van der Waals surface area contributed by atoms with E-state index in [2.05, 4.69) is 30.9 Å². The molecule has 1 N–H and O–H groups in total. The number of thiazole rings is 1. The van der Waals surface area contributed by atoms with Gasteiger partial charge in [-0.25, -0.2) is 9.97 Å². The molecule has 0 aromatic carbocycles. The van der Waals surface area contributed by atoms with Crippen LogP contribution < -0.4 is 0 Å². The van der Waals surface area contributed by atoms with E-state index in [1.54, 1.807) is 0 Å². The highest BCUT2D eigenvalue weighted by Crippen LogP contribution is 2.31. The molecule has 3 nitrogen and oxygen atoms in total. The smallest absolute Gasteiger partial charge is 0.332 e. The Kier molecular flexibility index (Phi) is 2.55. The van der Waals surface area contributed by atoms with Crippen molar-refractivity contribution in [3.63, 3.8) is 0 Å². The van der Waals surface area contributed by atoms with Crippen LogP contribution in [-0.2, 0) is 6.18 Å². The number of halogens is 4. The Morgan fingerprint density at radius 1 is 1.27 bits per heavy atom. The number of nitrogens with zero attached hydrogens (tertiary/aromatic N) is 2. The topological polar surface area (TPSA) is 41.6 Å². The summed E-state index contributed by atoms with van der Waals surface area (Å²) in [4.78, 5) is 9.68. The minimum atomic E-state index is -4.40. The normalized spacial score (nSPS) is 12.0. The molecule has 0 aliphatic carbocycles. The zero-order valence-corrected chi connectivity index (χ0v) is 9.37. The third-order valence-electron chi connectivity index (χ3n) is 1.56. The fraction of sp³-hybridized carbons (Fsp3) is 0.143. The Morgan fingerprint density at radius 2 is 2.00 bits per heavy atom. The summed E-state index contributed by atoms with van der Waals surface area (Å²) in [6.45, 7) is 0. The van der Waals surface area contributed by atoms with Gasteiger partial charge in [-0.05, 0) is 15.9 Å². The van der Waals surface area contributed by atoms with E-state index in [1.165, 1.54) is 17.5 Å². The van der Waals surface area contributed by atoms with Crippen molar-refractivity contribution in [2.75, 3.05) is 0 Å². The highest BCUT2D eigenvalue weighted by atomic mass is 79.9. The molecule has 0 amide bonds. The molecule has 0 aliphatic heterocycles. The maximum absolute atomic E-state index is 12.2. The Bertz CT molecular complexity index is 476. The van der Waals surface area contributed by atoms with Crippen LogP contribution in [0.2, 0.25) is 0 Å². The molecule has 0 fully saturated rings. The van der Waals surface area contributed by atoms with Gasteiger partial charge in [0.15, 0.2) is 10.8 Å². The van der Waals surface area contributed by atoms with Gasteiger partial charge < -0.3 is 4.98 Å². The van der Waals surface area contributed by atoms with Gasteiger partial charge in [0.1, 0.15) is 5.69 Å². The van der Waals surface area contributed by atoms with Crippen molar-refractivity contribution >= 4 is 27.3 Å². The van der Waals surface area contributed by atoms with Crippen LogP contribution in [0, 0.1) is 0 Å². The lowest BCUT2D eigenvalue weighted by molar-refractivity contribution is -0.140. The molecule has 8 heteroatoms. The molecule has 0 unspecified atom stereocenters. The Morgan fingerprint density at radius 3 is 2.47 bits per heavy atom. The zero-order chi connectivity index (χ0) is 11.1. The van der Waals surface area contributed by atoms with Crippen LogP contribution in [0.1, 0.15) is 5.69 Å². The SMILES string of the molecule is FC(F)(F)c1cnc(-c2ncc(Br)s2)[nH]1. The van der Waals surface area contributed by atoms with Crippen molar-refractivity contribution in [1.29, 1.82) is 0 Å². The lowest BCUT2D eigenvalue weighted by Gasteiger charge is -2.00. The van der Waals surface area contributed by atoms with Crippen LogP contribution in [-0.4, -0.2) is 15.0 Å². The van der Waals surface area contributed by atoms with Crippen LogP contribution >= 0.6 is 27.3 Å². The highest BCUT2D eigenvalue weighted by Gasteiger charge is 2.33. The molecule has 2 rings (SSSR count). The molecule has 2 heterocycles. The number of alkyl halides is 3. The lowest BCUT2D eigenvalue weighted by atomic mass is 10.5. The van der Waals surface area contributed by atoms with Crippen LogP contribution in [0.15, 0.2) is 16.2 Å². The second-order valence-corrected chi connectivity index (χ2v) is 5.02. The third kappa shape index (κ3) is 2.20. The first kappa shape index (κ1) is 10.6. The van der Waals surface area contributed by atoms with E-state index < -0.39 is 11.9 Å². The fourth-order valence-electron chi connectivity index (χ4n) is 0.938. The summed E-state index contributed by atoms with van der Waals surface area (Å²) in [7, 11) is 0. The first-order valence-electron chi connectivity index (χ1n) is 3.71. The van der Waals surface area contributed by atoms with E-state index in [4.69, 9.17) is 0 Å². The van der Waals surface area contributed by atoms with Crippen LogP contribution in [0.3, 0.4) is 0 Å². The van der Waals surface area contributed by atoms with E-state index in [0.29, 0.717) is 5.01 Å². The largest absolute Gasteiger partial charge is 0.432 e. The van der Waals surface area contributed by atoms with Crippen LogP contribution in [0.4, 0.5) is 13.2 Å². The molecule has 80 valence electrons. The summed E-state index contributed by atoms with van der Waals surface area (Å²) in [6, 6.07) is 0. The molecular weight excluding hydrogens is 295 g/mol. The summed E-state index contributed by atoms with van der Waals surface area (Å²) in [5, 5.41) is 0.414. The number of aromatic amines is 1. The van der Waals surface area contributed by atoms with E-state index in [0.717, 1.165) is 9.98 Å². The number of hydrogen-bond donors (Lipinski definition) is 1. The quantitative estimate of drug-likeness (QED) is 0.877. The highest BCUT2D eigenvalue weighted by molar-refractivity contribution is 9.11. The number of aromatic nitrogens is 3. The van der Waals surface area contributed by atoms with E-state index in [9.17, 15) is 13.2 Å². The Labute approximate surface area is 94.5 Å². The molecule has 15 heavy (non-hydrogen) atoms. The van der Waals surface area contributed by atoms with Gasteiger partial charge in [0, 0.05) is 0 Å². The number of H-pyrrole nitrogens is 1. The molecule has 2 aromatic heterocycles. The van der Waals surface area contributed by atoms with E-state index in [-0.39, 0.29) is 5.82 Å². The standard InChI is InChI=1S/C7H3BrF3N3S/c8-4-2-13-6(15-4)5-12-1-3(14-5)7(9,10)11/h1-2H,(H,12,14). The van der Waals surface area contributed by atoms with Gasteiger partial charge in [0.2, 0.25) is 0 Å². The molecule has 0 saturated carbocycles. The number of rotatable bonds is 1. The van der Waals surface area contributed by atoms with Gasteiger partial charge in [-0.3, -0.25) is 0 Å². The van der Waals surface area contributed by atoms with Crippen molar-refractivity contribution in [3.05, 3.63) is 21.9 Å². The first-order chi connectivity index (χ1) is 6.97. The van der Waals surface area contributed by atoms with Crippen molar-refractivity contribution in [3.8, 4) is 10.8 Å². The second kappa shape index (κ2) is 3.60. The zero-order valence-electron chi connectivity index (χ0n) is 6.97. The average Bonchev–Trinajstić information content (AvgIpc) is 2.69. The molecular formula is C7H3BrF3N3S. The summed E-state index contributed by atoms with van der Waals surface area (Å²) in [5.74, 6) is 0.123. The van der Waals surface area contributed by atoms with Crippen molar-refractivity contribution in [2.45, 2.75) is 6.18 Å². The molecule has 0 atom stereocenters. The first-order valence-corrected chi connectivity index (χ1v) is 5.31. The van der Waals surface area contributed by atoms with Gasteiger partial charge in [0.25, 0.3) is 0 Å². The predicted molar refractivity (Wildman–Crippen MR) is 52.4 cm³/mol. The Hall–Kier alpha value is -0.890. The molecule has 0 bridgehead atoms. The number of hydrogen-bond acceptors (Lipinski definition) is 3. The molecule has 0 aliphatic rings. The predicted octanol–water partition coefficient (Wildman–Crippen LogP) is 3.31. The molecule has 0 spiro atoms. The monoisotopic (exact) mass is 297 g/mol. The van der Waals surface area contributed by atoms with Crippen molar-refractivity contribution in [1.82, 2.24) is 15.0 Å². The average molecular weight is 298 g/mol. The summed E-state index contributed by atoms with van der Waals surface area (Å²) < 4.78 is 37.4. The Balaban J connectivity index is 2.36. The molecule has 0 radical (unpaired) electrons. The summed E-state index contributed by atoms with van der Waals surface area (Å²) in [6.07, 6.45) is -2.14. The van der Waals surface area contributed by atoms with Gasteiger partial charge >= 0.3 is 6.18 Å². The van der Waals surface area contributed by atoms with Crippen LogP contribution in [0.25, 0.3) is 10.8 Å². The second-order valence-electron chi connectivity index (χ2n) is 2.61. The van der Waals surface area contributed by atoms with Crippen LogP contribution in [0.5, 0.6) is 0 Å². The van der Waals surface area contributed by atoms with Gasteiger partial charge in [-0.1, -0.05) is 0 Å². The summed E-state index contributed by atoms with van der Waals surface area (Å²) >= 11 is 4.38.